The van der Waals surface area contributed by atoms with Crippen LogP contribution in [0.3, 0.4) is 0 Å². The van der Waals surface area contributed by atoms with Gasteiger partial charge in [-0.15, -0.1) is 0 Å². The number of carbonyl (C=O) groups is 1. The maximum Gasteiger partial charge on any atom is 0.261 e. The summed E-state index contributed by atoms with van der Waals surface area (Å²) < 4.78 is 21.0. The molecule has 2 unspecified atom stereocenters. The van der Waals surface area contributed by atoms with Crippen molar-refractivity contribution in [3.63, 3.8) is 0 Å². The topological polar surface area (TPSA) is 60.9 Å². The number of pyridine rings is 1. The molecule has 2 aromatic rings. The second kappa shape index (κ2) is 8.74. The van der Waals surface area contributed by atoms with E-state index < -0.39 is 5.82 Å². The van der Waals surface area contributed by atoms with Crippen molar-refractivity contribution in [1.29, 1.82) is 0 Å². The van der Waals surface area contributed by atoms with E-state index in [0.29, 0.717) is 54.6 Å². The molecule has 5 rings (SSSR count). The lowest BCUT2D eigenvalue weighted by molar-refractivity contribution is 0.0606. The minimum Gasteiger partial charge on any atom is -0.489 e. The molecule has 176 valence electrons. The molecule has 9 heteroatoms. The number of amides is 1. The Bertz CT molecular complexity index is 1080. The fraction of sp³-hybridized carbons (Fsp3) is 0.500. The molecule has 1 N–H and O–H groups in total. The number of anilines is 1. The minimum atomic E-state index is -0.417. The van der Waals surface area contributed by atoms with Crippen LogP contribution in [0.2, 0.25) is 5.02 Å². The lowest BCUT2D eigenvalue weighted by atomic mass is 10.0. The molecule has 0 saturated carbocycles. The highest BCUT2D eigenvalue weighted by Gasteiger charge is 2.40. The summed E-state index contributed by atoms with van der Waals surface area (Å²) in [7, 11) is 2.10. The van der Waals surface area contributed by atoms with Gasteiger partial charge in [-0.05, 0) is 33.0 Å². The third-order valence-electron chi connectivity index (χ3n) is 7.30. The van der Waals surface area contributed by atoms with Gasteiger partial charge in [0.25, 0.3) is 5.91 Å². The number of ether oxygens (including phenoxy) is 1. The summed E-state index contributed by atoms with van der Waals surface area (Å²) in [5, 5.41) is 3.50. The monoisotopic (exact) mass is 473 g/mol. The molecule has 1 aromatic carbocycles. The van der Waals surface area contributed by atoms with Crippen molar-refractivity contribution in [2.24, 2.45) is 0 Å². The number of hydrogen-bond donors (Lipinski definition) is 1. The molecule has 4 heterocycles. The van der Waals surface area contributed by atoms with E-state index in [1.54, 1.807) is 18.2 Å². The number of likely N-dealkylation sites (N-methyl/N-ethyl adjacent to an activating group) is 1. The molecule has 1 aromatic heterocycles. The largest absolute Gasteiger partial charge is 0.489 e. The van der Waals surface area contributed by atoms with E-state index in [1.165, 1.54) is 6.07 Å². The van der Waals surface area contributed by atoms with Crippen LogP contribution in [0.15, 0.2) is 24.3 Å². The Hall–Kier alpha value is -2.42. The van der Waals surface area contributed by atoms with E-state index in [9.17, 15) is 9.18 Å². The highest BCUT2D eigenvalue weighted by atomic mass is 35.5. The first kappa shape index (κ1) is 22.4. The van der Waals surface area contributed by atoms with E-state index in [-0.39, 0.29) is 29.1 Å². The van der Waals surface area contributed by atoms with E-state index >= 15 is 0 Å². The Morgan fingerprint density at radius 2 is 1.94 bits per heavy atom. The van der Waals surface area contributed by atoms with Crippen molar-refractivity contribution >= 4 is 23.3 Å². The Morgan fingerprint density at radius 3 is 2.73 bits per heavy atom. The third kappa shape index (κ3) is 3.74. The number of piperazine rings is 2. The lowest BCUT2D eigenvalue weighted by Crippen LogP contribution is -2.57. The fourth-order valence-electron chi connectivity index (χ4n) is 5.00. The number of benzene rings is 1. The van der Waals surface area contributed by atoms with E-state index in [0.717, 1.165) is 13.1 Å². The SMILES string of the molecule is CC1C(C)N(c2nc(-c3ccccc3F)c(Cl)c3c2C(=O)N2CCNC[C@@H]2CO3)CCN1C. The van der Waals surface area contributed by atoms with Crippen LogP contribution in [0.4, 0.5) is 10.2 Å². The first-order valence-corrected chi connectivity index (χ1v) is 11.9. The van der Waals surface area contributed by atoms with Gasteiger partial charge >= 0.3 is 0 Å². The van der Waals surface area contributed by atoms with Crippen LogP contribution in [0.1, 0.15) is 24.2 Å². The van der Waals surface area contributed by atoms with Crippen LogP contribution in [-0.2, 0) is 0 Å². The predicted octanol–water partition coefficient (Wildman–Crippen LogP) is 2.88. The highest BCUT2D eigenvalue weighted by Crippen LogP contribution is 2.44. The summed E-state index contributed by atoms with van der Waals surface area (Å²) in [6.07, 6.45) is 0. The molecule has 0 bridgehead atoms. The maximum absolute atomic E-state index is 14.8. The summed E-state index contributed by atoms with van der Waals surface area (Å²) in [5.74, 6) is 0.277. The van der Waals surface area contributed by atoms with Crippen molar-refractivity contribution in [3.8, 4) is 17.0 Å². The molecule has 2 saturated heterocycles. The molecular weight excluding hydrogens is 445 g/mol. The van der Waals surface area contributed by atoms with Gasteiger partial charge in [0, 0.05) is 50.4 Å². The first-order chi connectivity index (χ1) is 15.9. The molecule has 3 atom stereocenters. The summed E-state index contributed by atoms with van der Waals surface area (Å²) in [6.45, 7) is 8.09. The third-order valence-corrected chi connectivity index (χ3v) is 7.65. The number of carbonyl (C=O) groups excluding carboxylic acids is 1. The summed E-state index contributed by atoms with van der Waals surface area (Å²) in [4.78, 5) is 25.0. The van der Waals surface area contributed by atoms with E-state index in [2.05, 4.69) is 36.0 Å². The number of halogens is 2. The van der Waals surface area contributed by atoms with Gasteiger partial charge in [0.2, 0.25) is 0 Å². The highest BCUT2D eigenvalue weighted by molar-refractivity contribution is 6.35. The zero-order chi connectivity index (χ0) is 23.3. The van der Waals surface area contributed by atoms with Crippen molar-refractivity contribution < 1.29 is 13.9 Å². The van der Waals surface area contributed by atoms with Crippen LogP contribution in [0.5, 0.6) is 5.75 Å². The van der Waals surface area contributed by atoms with Crippen molar-refractivity contribution in [3.05, 3.63) is 40.7 Å². The number of nitrogens with zero attached hydrogens (tertiary/aromatic N) is 4. The number of nitrogens with one attached hydrogen (secondary N) is 1. The van der Waals surface area contributed by atoms with E-state index in [1.807, 2.05) is 4.90 Å². The second-order valence-corrected chi connectivity index (χ2v) is 9.48. The zero-order valence-corrected chi connectivity index (χ0v) is 19.9. The molecule has 3 aliphatic rings. The Kier molecular flexibility index (Phi) is 5.93. The first-order valence-electron chi connectivity index (χ1n) is 11.5. The Balaban J connectivity index is 1.72. The maximum atomic E-state index is 14.8. The van der Waals surface area contributed by atoms with Crippen LogP contribution in [-0.4, -0.2) is 85.2 Å². The van der Waals surface area contributed by atoms with Crippen molar-refractivity contribution in [1.82, 2.24) is 20.1 Å². The lowest BCUT2D eigenvalue weighted by Gasteiger charge is -2.44. The van der Waals surface area contributed by atoms with Crippen LogP contribution < -0.4 is 15.0 Å². The quantitative estimate of drug-likeness (QED) is 0.723. The summed E-state index contributed by atoms with van der Waals surface area (Å²) in [6, 6.07) is 6.66. The predicted molar refractivity (Wildman–Crippen MR) is 127 cm³/mol. The summed E-state index contributed by atoms with van der Waals surface area (Å²) >= 11 is 6.80. The fourth-order valence-corrected chi connectivity index (χ4v) is 5.29. The standard InChI is InChI=1S/C24H29ClFN5O2/c1-14-15(2)30(11-10-29(14)3)23-19-22(33-13-16-12-27-8-9-31(16)24(19)32)20(25)21(28-23)17-6-4-5-7-18(17)26/h4-7,14-16,27H,8-13H2,1-3H3/t14?,15?,16-/m1/s1. The normalized spacial score (nSPS) is 25.8. The van der Waals surface area contributed by atoms with E-state index in [4.69, 9.17) is 21.3 Å². The van der Waals surface area contributed by atoms with Crippen molar-refractivity contribution in [2.75, 3.05) is 51.3 Å². The van der Waals surface area contributed by atoms with Gasteiger partial charge in [0.1, 0.15) is 28.8 Å². The zero-order valence-electron chi connectivity index (χ0n) is 19.1. The Labute approximate surface area is 198 Å². The molecule has 33 heavy (non-hydrogen) atoms. The van der Waals surface area contributed by atoms with Crippen LogP contribution in [0.25, 0.3) is 11.3 Å². The molecule has 0 spiro atoms. The van der Waals surface area contributed by atoms with Crippen LogP contribution in [0, 0.1) is 5.82 Å². The van der Waals surface area contributed by atoms with Gasteiger partial charge in [-0.25, -0.2) is 9.37 Å². The minimum absolute atomic E-state index is 0.0878. The van der Waals surface area contributed by atoms with Gasteiger partial charge in [-0.1, -0.05) is 23.7 Å². The van der Waals surface area contributed by atoms with Crippen molar-refractivity contribution in [2.45, 2.75) is 32.0 Å². The van der Waals surface area contributed by atoms with Gasteiger partial charge in [0.15, 0.2) is 5.75 Å². The second-order valence-electron chi connectivity index (χ2n) is 9.10. The Morgan fingerprint density at radius 1 is 1.15 bits per heavy atom. The van der Waals surface area contributed by atoms with Gasteiger partial charge < -0.3 is 19.9 Å². The smallest absolute Gasteiger partial charge is 0.261 e. The number of hydrogen-bond acceptors (Lipinski definition) is 6. The molecule has 3 aliphatic heterocycles. The van der Waals surface area contributed by atoms with Gasteiger partial charge in [-0.3, -0.25) is 9.69 Å². The average Bonchev–Trinajstić information content (AvgIpc) is 2.96. The number of rotatable bonds is 2. The molecular formula is C24H29ClFN5O2. The number of aromatic nitrogens is 1. The van der Waals surface area contributed by atoms with Gasteiger partial charge in [-0.2, -0.15) is 0 Å². The van der Waals surface area contributed by atoms with Crippen LogP contribution >= 0.6 is 11.6 Å². The average molecular weight is 474 g/mol. The van der Waals surface area contributed by atoms with Gasteiger partial charge in [0.05, 0.1) is 11.7 Å². The molecule has 1 amide bonds. The molecule has 0 aliphatic carbocycles. The molecule has 7 nitrogen and oxygen atoms in total. The molecule has 2 fully saturated rings. The molecule has 0 radical (unpaired) electrons. The number of fused-ring (bicyclic) bond motifs is 2. The summed E-state index contributed by atoms with van der Waals surface area (Å²) in [5.41, 5.74) is 0.974.